The van der Waals surface area contributed by atoms with Gasteiger partial charge in [0.05, 0.1) is 22.1 Å². The van der Waals surface area contributed by atoms with Gasteiger partial charge in [-0.3, -0.25) is 19.5 Å². The van der Waals surface area contributed by atoms with E-state index in [9.17, 15) is 31.5 Å². The van der Waals surface area contributed by atoms with E-state index in [1.165, 1.54) is 48.8 Å². The van der Waals surface area contributed by atoms with Crippen LogP contribution in [0.2, 0.25) is 0 Å². The Kier molecular flexibility index (Phi) is 7.82. The molecule has 2 N–H and O–H groups in total. The highest BCUT2D eigenvalue weighted by Crippen LogP contribution is 2.41. The molecule has 12 heteroatoms. The summed E-state index contributed by atoms with van der Waals surface area (Å²) in [5.41, 5.74) is -2.41. The van der Waals surface area contributed by atoms with Crippen LogP contribution in [0.1, 0.15) is 49.9 Å². The topological polar surface area (TPSA) is 111 Å². The first kappa shape index (κ1) is 30.0. The summed E-state index contributed by atoms with van der Waals surface area (Å²) in [7, 11) is -3.99. The second-order valence-electron chi connectivity index (χ2n) is 11.5. The number of aliphatic imine (C=N–C) groups is 2. The molecule has 0 saturated carbocycles. The van der Waals surface area contributed by atoms with E-state index in [2.05, 4.69) is 14.7 Å². The lowest BCUT2D eigenvalue weighted by molar-refractivity contribution is -0.0915. The number of amides is 1. The van der Waals surface area contributed by atoms with Crippen molar-refractivity contribution in [3.8, 4) is 0 Å². The number of hydrogen-bond donors (Lipinski definition) is 2. The number of carbonyl (C=O) groups is 1. The molecule has 1 fully saturated rings. The first-order chi connectivity index (χ1) is 19.7. The maximum absolute atomic E-state index is 13.6. The van der Waals surface area contributed by atoms with Crippen LogP contribution in [0.25, 0.3) is 0 Å². The van der Waals surface area contributed by atoms with E-state index in [0.29, 0.717) is 12.0 Å². The Morgan fingerprint density at radius 2 is 1.86 bits per heavy atom. The Balaban J connectivity index is 1.21. The van der Waals surface area contributed by atoms with Gasteiger partial charge in [0.1, 0.15) is 5.54 Å². The molecule has 42 heavy (non-hydrogen) atoms. The van der Waals surface area contributed by atoms with Crippen LogP contribution in [-0.4, -0.2) is 73.2 Å². The van der Waals surface area contributed by atoms with Crippen molar-refractivity contribution in [3.63, 3.8) is 0 Å². The Hall–Kier alpha value is -3.51. The number of allylic oxidation sites excluding steroid dienone is 5. The molecular formula is C30H33F3N4O4S. The highest BCUT2D eigenvalue weighted by Gasteiger charge is 2.45. The van der Waals surface area contributed by atoms with Crippen molar-refractivity contribution >= 4 is 34.0 Å². The number of carbonyl (C=O) groups excluding carboxylic acids is 1. The molecule has 1 saturated heterocycles. The number of piperidine rings is 1. The smallest absolute Gasteiger partial charge is 0.389 e. The third kappa shape index (κ3) is 6.00. The standard InChI is InChI=1S/C30H33F3N4O4S/c1-20-6-11-24(30(31,32)33)22(18-20)19-29(39)12-16-37(17-13-29)27(38)21-7-9-23(10-8-21)36-42(40,41)26-5-3-4-25-28(26,2)35-15-14-34-25/h3-5,7-11,14-15,18,20,25,36,39H,6,12-13,16-17,19H2,1-2H3. The molecule has 2 aliphatic carbocycles. The summed E-state index contributed by atoms with van der Waals surface area (Å²) in [5.74, 6) is -0.354. The highest BCUT2D eigenvalue weighted by atomic mass is 32.2. The fourth-order valence-electron chi connectivity index (χ4n) is 5.88. The molecule has 224 valence electrons. The summed E-state index contributed by atoms with van der Waals surface area (Å²) in [5, 5.41) is 11.1. The van der Waals surface area contributed by atoms with Crippen molar-refractivity contribution in [1.29, 1.82) is 0 Å². The Labute approximate surface area is 243 Å². The second kappa shape index (κ2) is 11.0. The minimum atomic E-state index is -4.48. The second-order valence-corrected chi connectivity index (χ2v) is 13.1. The van der Waals surface area contributed by atoms with E-state index in [1.54, 1.807) is 30.1 Å². The SMILES string of the molecule is CC1C=C(CC2(O)CCN(C(=O)c3ccc(NS(=O)(=O)C4=CC=CC5N=CC=NC45C)cc3)CC2)C(C(F)(F)F)=CC1. The number of likely N-dealkylation sites (tertiary alicyclic amines) is 1. The van der Waals surface area contributed by atoms with Crippen LogP contribution in [-0.2, 0) is 10.0 Å². The number of sulfonamides is 1. The Morgan fingerprint density at radius 1 is 1.17 bits per heavy atom. The Morgan fingerprint density at radius 3 is 2.52 bits per heavy atom. The minimum Gasteiger partial charge on any atom is -0.389 e. The van der Waals surface area contributed by atoms with Gasteiger partial charge in [-0.2, -0.15) is 13.2 Å². The van der Waals surface area contributed by atoms with E-state index < -0.39 is 39.0 Å². The lowest BCUT2D eigenvalue weighted by Gasteiger charge is -2.39. The number of nitrogens with one attached hydrogen (secondary N) is 1. The molecule has 0 radical (unpaired) electrons. The average Bonchev–Trinajstić information content (AvgIpc) is 2.92. The molecule has 2 aliphatic heterocycles. The maximum atomic E-state index is 13.6. The van der Waals surface area contributed by atoms with Crippen LogP contribution in [0, 0.1) is 5.92 Å². The van der Waals surface area contributed by atoms with Crippen LogP contribution in [0.4, 0.5) is 18.9 Å². The van der Waals surface area contributed by atoms with Gasteiger partial charge >= 0.3 is 6.18 Å². The summed E-state index contributed by atoms with van der Waals surface area (Å²) in [4.78, 5) is 23.5. The summed E-state index contributed by atoms with van der Waals surface area (Å²) >= 11 is 0. The summed E-state index contributed by atoms with van der Waals surface area (Å²) in [6, 6.07) is 5.58. The predicted molar refractivity (Wildman–Crippen MR) is 156 cm³/mol. The first-order valence-electron chi connectivity index (χ1n) is 13.8. The monoisotopic (exact) mass is 602 g/mol. The quantitative estimate of drug-likeness (QED) is 0.479. The lowest BCUT2D eigenvalue weighted by atomic mass is 9.79. The highest BCUT2D eigenvalue weighted by molar-refractivity contribution is 7.96. The number of fused-ring (bicyclic) bond motifs is 1. The largest absolute Gasteiger partial charge is 0.416 e. The van der Waals surface area contributed by atoms with Crippen molar-refractivity contribution in [3.05, 3.63) is 76.3 Å². The Bertz CT molecular complexity index is 1530. The van der Waals surface area contributed by atoms with Crippen molar-refractivity contribution in [2.75, 3.05) is 17.8 Å². The van der Waals surface area contributed by atoms with Gasteiger partial charge in [-0.15, -0.1) is 0 Å². The fraction of sp³-hybridized carbons (Fsp3) is 0.433. The van der Waals surface area contributed by atoms with Crippen molar-refractivity contribution in [2.45, 2.75) is 62.9 Å². The zero-order valence-electron chi connectivity index (χ0n) is 23.3. The number of alkyl halides is 3. The van der Waals surface area contributed by atoms with E-state index in [-0.39, 0.29) is 60.3 Å². The molecule has 0 aromatic heterocycles. The lowest BCUT2D eigenvalue weighted by Crippen LogP contribution is -2.47. The van der Waals surface area contributed by atoms with Crippen LogP contribution < -0.4 is 4.72 Å². The zero-order valence-corrected chi connectivity index (χ0v) is 24.1. The molecule has 2 heterocycles. The number of nitrogens with zero attached hydrogens (tertiary/aromatic N) is 3. The minimum absolute atomic E-state index is 0.0463. The number of aliphatic hydroxyl groups is 1. The van der Waals surface area contributed by atoms with Crippen LogP contribution in [0.15, 0.2) is 80.7 Å². The third-order valence-corrected chi connectivity index (χ3v) is 9.91. The average molecular weight is 603 g/mol. The molecule has 3 atom stereocenters. The van der Waals surface area contributed by atoms with Crippen molar-refractivity contribution in [1.82, 2.24) is 4.90 Å². The molecule has 8 nitrogen and oxygen atoms in total. The molecule has 1 amide bonds. The summed E-state index contributed by atoms with van der Waals surface area (Å²) in [6.45, 7) is 3.91. The van der Waals surface area contributed by atoms with Gasteiger partial charge in [0.25, 0.3) is 15.9 Å². The molecule has 4 aliphatic rings. The van der Waals surface area contributed by atoms with Crippen molar-refractivity contribution in [2.24, 2.45) is 15.9 Å². The predicted octanol–water partition coefficient (Wildman–Crippen LogP) is 4.98. The third-order valence-electron chi connectivity index (χ3n) is 8.28. The number of anilines is 1. The van der Waals surface area contributed by atoms with Gasteiger partial charge < -0.3 is 10.0 Å². The van der Waals surface area contributed by atoms with E-state index in [4.69, 9.17) is 0 Å². The summed E-state index contributed by atoms with van der Waals surface area (Å²) in [6.07, 6.45) is 6.71. The number of hydrogen-bond acceptors (Lipinski definition) is 6. The fourth-order valence-corrected chi connectivity index (χ4v) is 7.42. The van der Waals surface area contributed by atoms with E-state index in [1.807, 2.05) is 6.92 Å². The molecule has 5 rings (SSSR count). The molecular weight excluding hydrogens is 569 g/mol. The first-order valence-corrected chi connectivity index (χ1v) is 15.3. The van der Waals surface area contributed by atoms with Gasteiger partial charge in [-0.1, -0.05) is 31.2 Å². The molecule has 0 bridgehead atoms. The molecule has 1 aromatic rings. The van der Waals surface area contributed by atoms with Gasteiger partial charge in [-0.05, 0) is 68.0 Å². The van der Waals surface area contributed by atoms with Gasteiger partial charge in [0.2, 0.25) is 0 Å². The van der Waals surface area contributed by atoms with Crippen LogP contribution in [0.3, 0.4) is 0 Å². The van der Waals surface area contributed by atoms with E-state index in [0.717, 1.165) is 0 Å². The number of benzene rings is 1. The zero-order chi connectivity index (χ0) is 30.3. The van der Waals surface area contributed by atoms with Gasteiger partial charge in [-0.25, -0.2) is 8.42 Å². The van der Waals surface area contributed by atoms with Gasteiger partial charge in [0, 0.05) is 43.2 Å². The molecule has 3 unspecified atom stereocenters. The van der Waals surface area contributed by atoms with E-state index >= 15 is 0 Å². The van der Waals surface area contributed by atoms with Crippen LogP contribution >= 0.6 is 0 Å². The normalized spacial score (nSPS) is 27.1. The van der Waals surface area contributed by atoms with Gasteiger partial charge in [0.15, 0.2) is 0 Å². The maximum Gasteiger partial charge on any atom is 0.416 e. The summed E-state index contributed by atoms with van der Waals surface area (Å²) < 4.78 is 69.8. The number of rotatable bonds is 6. The van der Waals surface area contributed by atoms with Crippen molar-refractivity contribution < 1.29 is 31.5 Å². The molecule has 0 spiro atoms. The molecule has 1 aromatic carbocycles. The number of halogens is 3. The van der Waals surface area contributed by atoms with Crippen LogP contribution in [0.5, 0.6) is 0 Å².